The number of hydrogen-bond acceptors (Lipinski definition) is 9. The molecule has 2 heterocycles. The number of carbonyl (C=O) groups excluding carboxylic acids is 2. The molecule has 5 rings (SSSR count). The fraction of sp³-hybridized carbons (Fsp3) is 0.297. The highest BCUT2D eigenvalue weighted by atomic mass is 32.2. The molecule has 1 aliphatic heterocycles. The van der Waals surface area contributed by atoms with Crippen molar-refractivity contribution in [2.24, 2.45) is 5.92 Å². The predicted octanol–water partition coefficient (Wildman–Crippen LogP) is 6.09. The molecule has 5 atom stereocenters. The van der Waals surface area contributed by atoms with E-state index in [1.807, 2.05) is 72.8 Å². The molecular formula is C37H38N2O8S. The zero-order valence-electron chi connectivity index (χ0n) is 26.9. The van der Waals surface area contributed by atoms with Crippen molar-refractivity contribution in [1.82, 2.24) is 10.3 Å². The highest BCUT2D eigenvalue weighted by Crippen LogP contribution is 2.43. The van der Waals surface area contributed by atoms with Crippen LogP contribution < -0.4 is 5.32 Å². The lowest BCUT2D eigenvalue weighted by molar-refractivity contribution is -0.268. The molecule has 3 aromatic carbocycles. The van der Waals surface area contributed by atoms with Gasteiger partial charge >= 0.3 is 11.9 Å². The molecule has 0 saturated carbocycles. The number of ether oxygens (including phenoxy) is 3. The minimum absolute atomic E-state index is 0.0594. The summed E-state index contributed by atoms with van der Waals surface area (Å²) in [5, 5.41) is 22.5. The second kappa shape index (κ2) is 16.0. The fourth-order valence-corrected chi connectivity index (χ4v) is 6.65. The van der Waals surface area contributed by atoms with Crippen molar-refractivity contribution in [1.29, 1.82) is 0 Å². The van der Waals surface area contributed by atoms with Crippen LogP contribution in [0.4, 0.5) is 0 Å². The Morgan fingerprint density at radius 3 is 2.38 bits per heavy atom. The topological polar surface area (TPSA) is 144 Å². The van der Waals surface area contributed by atoms with Gasteiger partial charge < -0.3 is 29.7 Å². The van der Waals surface area contributed by atoms with Gasteiger partial charge in [0.15, 0.2) is 12.4 Å². The van der Waals surface area contributed by atoms with Gasteiger partial charge in [-0.2, -0.15) is 0 Å². The lowest BCUT2D eigenvalue weighted by Crippen LogP contribution is -2.38. The van der Waals surface area contributed by atoms with Crippen LogP contribution in [0.1, 0.15) is 65.8 Å². The molecule has 1 aromatic heterocycles. The fourth-order valence-electron chi connectivity index (χ4n) is 5.50. The zero-order chi connectivity index (χ0) is 34.2. The Morgan fingerprint density at radius 2 is 1.67 bits per heavy atom. The molecule has 4 aromatic rings. The Kier molecular flexibility index (Phi) is 11.6. The van der Waals surface area contributed by atoms with Crippen LogP contribution in [0.25, 0.3) is 11.1 Å². The summed E-state index contributed by atoms with van der Waals surface area (Å²) in [5.74, 6) is -1.58. The number of pyridine rings is 1. The van der Waals surface area contributed by atoms with Gasteiger partial charge in [0, 0.05) is 36.9 Å². The smallest absolute Gasteiger partial charge is 0.338 e. The number of amides is 1. The van der Waals surface area contributed by atoms with Crippen molar-refractivity contribution in [3.63, 3.8) is 0 Å². The Balaban J connectivity index is 1.38. The van der Waals surface area contributed by atoms with Crippen LogP contribution in [0, 0.1) is 5.92 Å². The van der Waals surface area contributed by atoms with Gasteiger partial charge in [-0.25, -0.2) is 9.78 Å². The number of aliphatic hydroxyl groups is 1. The molecule has 0 bridgehead atoms. The number of benzene rings is 3. The minimum Gasteiger partial charge on any atom is -0.478 e. The number of carbonyl (C=O) groups is 3. The summed E-state index contributed by atoms with van der Waals surface area (Å²) >= 11 is 1.34. The molecule has 10 nitrogen and oxygen atoms in total. The summed E-state index contributed by atoms with van der Waals surface area (Å²) in [6, 6.07) is 26.5. The Hall–Kier alpha value is -4.55. The van der Waals surface area contributed by atoms with Crippen LogP contribution in [0.15, 0.2) is 96.2 Å². The highest BCUT2D eigenvalue weighted by Gasteiger charge is 2.38. The van der Waals surface area contributed by atoms with E-state index in [9.17, 15) is 24.6 Å². The number of aliphatic hydroxyl groups excluding tert-OH is 1. The van der Waals surface area contributed by atoms with E-state index in [2.05, 4.69) is 17.2 Å². The summed E-state index contributed by atoms with van der Waals surface area (Å²) < 4.78 is 18.2. The molecule has 1 fully saturated rings. The van der Waals surface area contributed by atoms with Gasteiger partial charge in [-0.3, -0.25) is 9.59 Å². The zero-order valence-corrected chi connectivity index (χ0v) is 27.7. The number of rotatable bonds is 12. The van der Waals surface area contributed by atoms with Crippen LogP contribution >= 0.6 is 11.8 Å². The number of carboxylic acids is 1. The number of hydrogen-bond donors (Lipinski definition) is 3. The first-order valence-corrected chi connectivity index (χ1v) is 16.6. The molecule has 3 N–H and O–H groups in total. The van der Waals surface area contributed by atoms with E-state index in [-0.39, 0.29) is 42.7 Å². The quantitative estimate of drug-likeness (QED) is 0.120. The molecule has 11 heteroatoms. The average Bonchev–Trinajstić information content (AvgIpc) is 3.10. The molecule has 1 amide bonds. The normalized spacial score (nSPS) is 19.7. The summed E-state index contributed by atoms with van der Waals surface area (Å²) in [5.41, 5.74) is 5.43. The largest absolute Gasteiger partial charge is 0.478 e. The molecule has 0 radical (unpaired) electrons. The van der Waals surface area contributed by atoms with E-state index in [0.29, 0.717) is 10.8 Å². The summed E-state index contributed by atoms with van der Waals surface area (Å²) in [4.78, 5) is 39.7. The maximum atomic E-state index is 12.4. The van der Waals surface area contributed by atoms with Crippen molar-refractivity contribution < 1.29 is 38.8 Å². The first kappa shape index (κ1) is 34.8. The Morgan fingerprint density at radius 1 is 0.938 bits per heavy atom. The van der Waals surface area contributed by atoms with Crippen LogP contribution in [-0.4, -0.2) is 51.0 Å². The van der Waals surface area contributed by atoms with Crippen LogP contribution in [0.3, 0.4) is 0 Å². The number of nitrogens with one attached hydrogen (secondary N) is 1. The minimum atomic E-state index is -1.04. The van der Waals surface area contributed by atoms with E-state index < -0.39 is 24.3 Å². The Labute approximate surface area is 283 Å². The molecule has 48 heavy (non-hydrogen) atoms. The van der Waals surface area contributed by atoms with E-state index in [1.165, 1.54) is 31.7 Å². The number of nitrogens with zero attached hydrogens (tertiary/aromatic N) is 1. The third-order valence-electron chi connectivity index (χ3n) is 8.11. The van der Waals surface area contributed by atoms with E-state index in [1.54, 1.807) is 12.3 Å². The number of aromatic nitrogens is 1. The average molecular weight is 671 g/mol. The molecule has 1 saturated heterocycles. The van der Waals surface area contributed by atoms with Gasteiger partial charge in [0.25, 0.3) is 5.91 Å². The lowest BCUT2D eigenvalue weighted by Gasteiger charge is -2.41. The summed E-state index contributed by atoms with van der Waals surface area (Å²) in [7, 11) is 0. The monoisotopic (exact) mass is 670 g/mol. The van der Waals surface area contributed by atoms with Gasteiger partial charge in [0.1, 0.15) is 5.03 Å². The maximum Gasteiger partial charge on any atom is 0.338 e. The van der Waals surface area contributed by atoms with E-state index in [4.69, 9.17) is 14.2 Å². The van der Waals surface area contributed by atoms with Gasteiger partial charge in [-0.15, -0.1) is 11.8 Å². The first-order chi connectivity index (χ1) is 23.1. The Bertz CT molecular complexity index is 1750. The van der Waals surface area contributed by atoms with Crippen molar-refractivity contribution in [2.75, 3.05) is 5.75 Å². The third kappa shape index (κ3) is 8.67. The molecule has 1 aliphatic rings. The highest BCUT2D eigenvalue weighted by molar-refractivity contribution is 7.99. The standard InChI is InChI=1S/C37H38N2O8S/c1-22-32(21-48-35-31(36(43)44)11-6-16-38-35)46-37(47-33(22)27-14-12-25(20-40)13-15-27)30-10-5-9-29(18-30)28-8-4-7-26(17-28)19-39-34(42)23(2)45-24(3)41/h4-18,22-23,32-33,37,40H,19-21H2,1-3H3,(H,39,42)(H,43,44). The number of aromatic carboxylic acids is 1. The van der Waals surface area contributed by atoms with Crippen molar-refractivity contribution in [2.45, 2.75) is 63.6 Å². The number of thioether (sulfide) groups is 1. The SMILES string of the molecule is CC(=O)OC(C)C(=O)NCc1cccc(-c2cccc(C3OC(CSc4ncccc4C(=O)O)C(C)C(c4ccc(CO)cc4)O3)c2)c1. The second-order valence-electron chi connectivity index (χ2n) is 11.6. The third-order valence-corrected chi connectivity index (χ3v) is 9.20. The number of carboxylic acid groups (broad SMARTS) is 1. The van der Waals surface area contributed by atoms with Crippen molar-refractivity contribution in [3.05, 3.63) is 119 Å². The van der Waals surface area contributed by atoms with E-state index >= 15 is 0 Å². The number of esters is 1. The van der Waals surface area contributed by atoms with Crippen LogP contribution in [0.5, 0.6) is 0 Å². The molecule has 5 unspecified atom stereocenters. The van der Waals surface area contributed by atoms with Crippen molar-refractivity contribution in [3.8, 4) is 11.1 Å². The van der Waals surface area contributed by atoms with Gasteiger partial charge in [-0.1, -0.05) is 67.6 Å². The van der Waals surface area contributed by atoms with Gasteiger partial charge in [0.2, 0.25) is 0 Å². The molecular weight excluding hydrogens is 632 g/mol. The van der Waals surface area contributed by atoms with Gasteiger partial charge in [-0.05, 0) is 59.0 Å². The summed E-state index contributed by atoms with van der Waals surface area (Å²) in [6.07, 6.45) is -0.681. The molecule has 0 aliphatic carbocycles. The summed E-state index contributed by atoms with van der Waals surface area (Å²) in [6.45, 7) is 5.05. The lowest BCUT2D eigenvalue weighted by atomic mass is 9.91. The first-order valence-electron chi connectivity index (χ1n) is 15.6. The molecule has 250 valence electrons. The predicted molar refractivity (Wildman–Crippen MR) is 180 cm³/mol. The van der Waals surface area contributed by atoms with E-state index in [0.717, 1.165) is 33.4 Å². The molecule has 0 spiro atoms. The van der Waals surface area contributed by atoms with Crippen LogP contribution in [-0.2, 0) is 37.0 Å². The maximum absolute atomic E-state index is 12.4. The van der Waals surface area contributed by atoms with Crippen LogP contribution in [0.2, 0.25) is 0 Å². The second-order valence-corrected chi connectivity index (χ2v) is 12.6. The van der Waals surface area contributed by atoms with Gasteiger partial charge in [0.05, 0.1) is 24.4 Å². The van der Waals surface area contributed by atoms with Crippen molar-refractivity contribution >= 4 is 29.6 Å².